The smallest absolute Gasteiger partial charge is 0.321 e. The lowest BCUT2D eigenvalue weighted by atomic mass is 10.1. The van der Waals surface area contributed by atoms with Crippen LogP contribution in [-0.4, -0.2) is 50.2 Å². The lowest BCUT2D eigenvalue weighted by molar-refractivity contribution is 0.244. The van der Waals surface area contributed by atoms with Crippen molar-refractivity contribution in [3.8, 4) is 0 Å². The summed E-state index contributed by atoms with van der Waals surface area (Å²) in [5, 5.41) is 10.6. The van der Waals surface area contributed by atoms with Gasteiger partial charge in [-0.25, -0.2) is 9.59 Å². The molecule has 10 heteroatoms. The standard InChI is InChI=1S/C18H36N8O2/c19-15-21-11-7-3-1-5-9-13-23-17(27)26-16(20)22-12-8-4-2-6-10-14-24-18(28)25-15/h1-14H2,(H4,19,21,24,25,28)(H4,20,22,23,26,27). The molecule has 0 aromatic carbocycles. The van der Waals surface area contributed by atoms with Crippen molar-refractivity contribution < 1.29 is 9.59 Å². The molecule has 0 aromatic rings. The first kappa shape index (κ1) is 23.5. The molecule has 0 saturated heterocycles. The van der Waals surface area contributed by atoms with Crippen molar-refractivity contribution in [1.29, 1.82) is 0 Å². The molecule has 0 aliphatic carbocycles. The van der Waals surface area contributed by atoms with Crippen LogP contribution in [0.4, 0.5) is 9.59 Å². The molecule has 8 N–H and O–H groups in total. The number of aliphatic imine (C=N–C) groups is 2. The summed E-state index contributed by atoms with van der Waals surface area (Å²) in [5.41, 5.74) is 11.4. The second-order valence-electron chi connectivity index (χ2n) is 6.83. The van der Waals surface area contributed by atoms with Gasteiger partial charge in [-0.1, -0.05) is 38.5 Å². The van der Waals surface area contributed by atoms with E-state index >= 15 is 0 Å². The second-order valence-corrected chi connectivity index (χ2v) is 6.83. The van der Waals surface area contributed by atoms with E-state index in [1.54, 1.807) is 0 Å². The van der Waals surface area contributed by atoms with E-state index in [1.807, 2.05) is 0 Å². The lowest BCUT2D eigenvalue weighted by Crippen LogP contribution is -2.43. The Balaban J connectivity index is 2.37. The van der Waals surface area contributed by atoms with Gasteiger partial charge in [-0.05, 0) is 25.7 Å². The first-order valence-corrected chi connectivity index (χ1v) is 10.3. The predicted octanol–water partition coefficient (Wildman–Crippen LogP) is 1.13. The Morgan fingerprint density at radius 2 is 0.929 bits per heavy atom. The SMILES string of the molecule is NC1=NCCCCCCCNC(=O)NC(N)=NCCCCCCCNC(=O)N1. The quantitative estimate of drug-likeness (QED) is 0.362. The molecule has 160 valence electrons. The van der Waals surface area contributed by atoms with Crippen LogP contribution in [0.2, 0.25) is 0 Å². The van der Waals surface area contributed by atoms with Gasteiger partial charge in [0.05, 0.1) is 0 Å². The molecule has 0 unspecified atom stereocenters. The van der Waals surface area contributed by atoms with Crippen molar-refractivity contribution in [3.63, 3.8) is 0 Å². The molecule has 1 rings (SSSR count). The van der Waals surface area contributed by atoms with Crippen LogP contribution >= 0.6 is 0 Å². The molecular formula is C18H36N8O2. The van der Waals surface area contributed by atoms with E-state index < -0.39 is 0 Å². The largest absolute Gasteiger partial charge is 0.370 e. The highest BCUT2D eigenvalue weighted by atomic mass is 16.2. The summed E-state index contributed by atoms with van der Waals surface area (Å²) in [5.74, 6) is 0.309. The van der Waals surface area contributed by atoms with Crippen LogP contribution in [0.15, 0.2) is 9.98 Å². The maximum atomic E-state index is 11.7. The summed E-state index contributed by atoms with van der Waals surface area (Å²) < 4.78 is 0. The summed E-state index contributed by atoms with van der Waals surface area (Å²) in [6.45, 7) is 2.38. The fourth-order valence-electron chi connectivity index (χ4n) is 2.74. The molecule has 10 nitrogen and oxygen atoms in total. The summed E-state index contributed by atoms with van der Waals surface area (Å²) in [7, 11) is 0. The molecule has 1 aliphatic heterocycles. The summed E-state index contributed by atoms with van der Waals surface area (Å²) >= 11 is 0. The lowest BCUT2D eigenvalue weighted by Gasteiger charge is -2.08. The molecule has 0 atom stereocenters. The summed E-state index contributed by atoms with van der Waals surface area (Å²) in [4.78, 5) is 31.7. The average Bonchev–Trinajstić information content (AvgIpc) is 2.64. The van der Waals surface area contributed by atoms with Crippen molar-refractivity contribution in [2.24, 2.45) is 21.5 Å². The van der Waals surface area contributed by atoms with Gasteiger partial charge < -0.3 is 22.1 Å². The number of carbonyl (C=O) groups excluding carboxylic acids is 2. The van der Waals surface area contributed by atoms with Gasteiger partial charge in [-0.15, -0.1) is 0 Å². The van der Waals surface area contributed by atoms with Crippen molar-refractivity contribution in [2.45, 2.75) is 64.2 Å². The zero-order valence-corrected chi connectivity index (χ0v) is 16.8. The minimum absolute atomic E-state index is 0.155. The van der Waals surface area contributed by atoms with Gasteiger partial charge >= 0.3 is 12.1 Å². The maximum Gasteiger partial charge on any atom is 0.321 e. The molecule has 4 amide bonds. The van der Waals surface area contributed by atoms with E-state index in [-0.39, 0.29) is 24.0 Å². The molecule has 1 heterocycles. The van der Waals surface area contributed by atoms with Crippen LogP contribution in [0.3, 0.4) is 0 Å². The normalized spacial score (nSPS) is 20.9. The van der Waals surface area contributed by atoms with E-state index in [2.05, 4.69) is 31.3 Å². The molecule has 0 spiro atoms. The van der Waals surface area contributed by atoms with Gasteiger partial charge in [-0.3, -0.25) is 20.6 Å². The second kappa shape index (κ2) is 15.5. The molecule has 0 aromatic heterocycles. The van der Waals surface area contributed by atoms with Crippen molar-refractivity contribution in [3.05, 3.63) is 0 Å². The molecule has 1 aliphatic rings. The molecule has 0 saturated carbocycles. The van der Waals surface area contributed by atoms with Gasteiger partial charge in [-0.2, -0.15) is 0 Å². The first-order valence-electron chi connectivity index (χ1n) is 10.3. The Labute approximate surface area is 167 Å². The number of hydrogen-bond donors (Lipinski definition) is 6. The van der Waals surface area contributed by atoms with E-state index in [0.717, 1.165) is 64.2 Å². The molecule has 0 radical (unpaired) electrons. The molecule has 0 fully saturated rings. The summed E-state index contributed by atoms with van der Waals surface area (Å²) in [6.07, 6.45) is 9.80. The van der Waals surface area contributed by atoms with Crippen LogP contribution in [0.5, 0.6) is 0 Å². The topological polar surface area (TPSA) is 159 Å². The van der Waals surface area contributed by atoms with Crippen LogP contribution in [-0.2, 0) is 0 Å². The predicted molar refractivity (Wildman–Crippen MR) is 112 cm³/mol. The monoisotopic (exact) mass is 396 g/mol. The number of nitrogens with zero attached hydrogens (tertiary/aromatic N) is 2. The number of carbonyl (C=O) groups is 2. The summed E-state index contributed by atoms with van der Waals surface area (Å²) in [6, 6.07) is -0.620. The number of hydrogen-bond acceptors (Lipinski definition) is 6. The first-order chi connectivity index (χ1) is 13.6. The van der Waals surface area contributed by atoms with Crippen LogP contribution in [0.25, 0.3) is 0 Å². The van der Waals surface area contributed by atoms with E-state index in [9.17, 15) is 9.59 Å². The molecule has 0 bridgehead atoms. The Kier molecular flexibility index (Phi) is 13.0. The third-order valence-electron chi connectivity index (χ3n) is 4.29. The van der Waals surface area contributed by atoms with Gasteiger partial charge in [0.25, 0.3) is 0 Å². The molecular weight excluding hydrogens is 360 g/mol. The van der Waals surface area contributed by atoms with Gasteiger partial charge in [0.1, 0.15) is 0 Å². The number of guanidine groups is 2. The van der Waals surface area contributed by atoms with Crippen molar-refractivity contribution in [1.82, 2.24) is 21.3 Å². The third-order valence-corrected chi connectivity index (χ3v) is 4.29. The Morgan fingerprint density at radius 1 is 0.571 bits per heavy atom. The number of urea groups is 2. The fourth-order valence-corrected chi connectivity index (χ4v) is 2.74. The van der Waals surface area contributed by atoms with Crippen LogP contribution in [0.1, 0.15) is 64.2 Å². The highest BCUT2D eigenvalue weighted by Gasteiger charge is 2.03. The number of amides is 4. The highest BCUT2D eigenvalue weighted by Crippen LogP contribution is 2.03. The zero-order valence-electron chi connectivity index (χ0n) is 16.8. The number of nitrogens with one attached hydrogen (secondary N) is 4. The van der Waals surface area contributed by atoms with Crippen molar-refractivity contribution in [2.75, 3.05) is 26.2 Å². The van der Waals surface area contributed by atoms with Gasteiger partial charge in [0.2, 0.25) is 0 Å². The maximum absolute atomic E-state index is 11.7. The third kappa shape index (κ3) is 13.7. The zero-order chi connectivity index (χ0) is 20.5. The number of nitrogens with two attached hydrogens (primary N) is 2. The van der Waals surface area contributed by atoms with E-state index in [0.29, 0.717) is 26.2 Å². The van der Waals surface area contributed by atoms with Crippen LogP contribution in [0, 0.1) is 0 Å². The van der Waals surface area contributed by atoms with E-state index in [1.165, 1.54) is 0 Å². The highest BCUT2D eigenvalue weighted by molar-refractivity contribution is 5.95. The van der Waals surface area contributed by atoms with Crippen molar-refractivity contribution >= 4 is 24.0 Å². The number of rotatable bonds is 0. The van der Waals surface area contributed by atoms with E-state index in [4.69, 9.17) is 11.5 Å². The average molecular weight is 397 g/mol. The van der Waals surface area contributed by atoms with Crippen LogP contribution < -0.4 is 32.7 Å². The Morgan fingerprint density at radius 3 is 1.36 bits per heavy atom. The van der Waals surface area contributed by atoms with Gasteiger partial charge in [0, 0.05) is 26.2 Å². The minimum Gasteiger partial charge on any atom is -0.370 e. The molecule has 28 heavy (non-hydrogen) atoms. The Hall–Kier alpha value is -2.52. The fraction of sp³-hybridized carbons (Fsp3) is 0.778. The van der Waals surface area contributed by atoms with Gasteiger partial charge in [0.15, 0.2) is 11.9 Å². The Bertz CT molecular complexity index is 476. The minimum atomic E-state index is -0.310.